The van der Waals surface area contributed by atoms with Gasteiger partial charge in [-0.15, -0.1) is 0 Å². The SMILES string of the molecule is CCOC(=O)C1=C(C)N(C)C(=O)NC1c1cccc(NC(=O)CCC2CCCC2)c1. The number of nitrogens with one attached hydrogen (secondary N) is 2. The van der Waals surface area contributed by atoms with E-state index in [1.165, 1.54) is 30.6 Å². The van der Waals surface area contributed by atoms with Crippen molar-refractivity contribution in [2.45, 2.75) is 58.4 Å². The Morgan fingerprint density at radius 1 is 1.27 bits per heavy atom. The van der Waals surface area contributed by atoms with Crippen LogP contribution in [0, 0.1) is 5.92 Å². The summed E-state index contributed by atoms with van der Waals surface area (Å²) in [7, 11) is 1.61. The quantitative estimate of drug-likeness (QED) is 0.658. The lowest BCUT2D eigenvalue weighted by atomic mass is 9.94. The van der Waals surface area contributed by atoms with Crippen molar-refractivity contribution in [1.29, 1.82) is 0 Å². The molecule has 1 atom stereocenters. The van der Waals surface area contributed by atoms with Crippen molar-refractivity contribution in [3.8, 4) is 0 Å². The lowest BCUT2D eigenvalue weighted by Gasteiger charge is -2.33. The molecule has 7 nitrogen and oxygen atoms in total. The number of hydrogen-bond acceptors (Lipinski definition) is 4. The van der Waals surface area contributed by atoms with Crippen molar-refractivity contribution >= 4 is 23.6 Å². The summed E-state index contributed by atoms with van der Waals surface area (Å²) in [5.74, 6) is 0.193. The van der Waals surface area contributed by atoms with Gasteiger partial charge in [0.1, 0.15) is 0 Å². The lowest BCUT2D eigenvalue weighted by molar-refractivity contribution is -0.139. The average Bonchev–Trinajstić information content (AvgIpc) is 3.24. The molecule has 1 aliphatic heterocycles. The largest absolute Gasteiger partial charge is 0.463 e. The summed E-state index contributed by atoms with van der Waals surface area (Å²) in [5.41, 5.74) is 2.31. The van der Waals surface area contributed by atoms with E-state index in [0.29, 0.717) is 34.9 Å². The number of carbonyl (C=O) groups is 3. The Hall–Kier alpha value is -2.83. The van der Waals surface area contributed by atoms with E-state index in [9.17, 15) is 14.4 Å². The van der Waals surface area contributed by atoms with Crippen LogP contribution in [0.3, 0.4) is 0 Å². The maximum atomic E-state index is 12.6. The van der Waals surface area contributed by atoms with Gasteiger partial charge in [-0.2, -0.15) is 0 Å². The maximum absolute atomic E-state index is 12.6. The van der Waals surface area contributed by atoms with Crippen molar-refractivity contribution in [2.75, 3.05) is 19.0 Å². The van der Waals surface area contributed by atoms with Gasteiger partial charge in [-0.3, -0.25) is 4.79 Å². The fourth-order valence-electron chi connectivity index (χ4n) is 4.21. The van der Waals surface area contributed by atoms with Crippen LogP contribution in [0.4, 0.5) is 10.5 Å². The van der Waals surface area contributed by atoms with Gasteiger partial charge in [0.2, 0.25) is 5.91 Å². The van der Waals surface area contributed by atoms with E-state index in [1.807, 2.05) is 18.2 Å². The molecule has 1 unspecified atom stereocenters. The molecule has 1 saturated carbocycles. The molecule has 7 heteroatoms. The van der Waals surface area contributed by atoms with Gasteiger partial charge in [-0.1, -0.05) is 37.8 Å². The number of hydrogen-bond donors (Lipinski definition) is 2. The third-order valence-corrected chi connectivity index (χ3v) is 6.01. The normalized spacial score (nSPS) is 19.6. The van der Waals surface area contributed by atoms with Crippen LogP contribution < -0.4 is 10.6 Å². The molecule has 0 saturated heterocycles. The van der Waals surface area contributed by atoms with E-state index in [0.717, 1.165) is 6.42 Å². The highest BCUT2D eigenvalue weighted by Gasteiger charge is 2.35. The third kappa shape index (κ3) is 5.01. The number of esters is 1. The zero-order chi connectivity index (χ0) is 21.7. The molecule has 1 heterocycles. The van der Waals surface area contributed by atoms with Crippen LogP contribution in [0.2, 0.25) is 0 Å². The van der Waals surface area contributed by atoms with Gasteiger partial charge in [-0.25, -0.2) is 9.59 Å². The van der Waals surface area contributed by atoms with Crippen molar-refractivity contribution < 1.29 is 19.1 Å². The number of nitrogens with zero attached hydrogens (tertiary/aromatic N) is 1. The first-order chi connectivity index (χ1) is 14.4. The summed E-state index contributed by atoms with van der Waals surface area (Å²) in [6.45, 7) is 3.72. The number of rotatable bonds is 7. The molecule has 1 aliphatic carbocycles. The number of carbonyl (C=O) groups excluding carboxylic acids is 3. The molecular weight excluding hydrogens is 382 g/mol. The molecule has 3 rings (SSSR count). The Morgan fingerprint density at radius 3 is 2.70 bits per heavy atom. The van der Waals surface area contributed by atoms with Crippen LogP contribution in [-0.4, -0.2) is 36.5 Å². The third-order valence-electron chi connectivity index (χ3n) is 6.01. The van der Waals surface area contributed by atoms with Crippen molar-refractivity contribution in [3.63, 3.8) is 0 Å². The fourth-order valence-corrected chi connectivity index (χ4v) is 4.21. The summed E-state index contributed by atoms with van der Waals surface area (Å²) in [5, 5.41) is 5.81. The van der Waals surface area contributed by atoms with Gasteiger partial charge in [0.15, 0.2) is 0 Å². The second kappa shape index (κ2) is 9.78. The second-order valence-corrected chi connectivity index (χ2v) is 8.02. The van der Waals surface area contributed by atoms with E-state index >= 15 is 0 Å². The van der Waals surface area contributed by atoms with Crippen LogP contribution in [-0.2, 0) is 14.3 Å². The molecular formula is C23H31N3O4. The van der Waals surface area contributed by atoms with Gasteiger partial charge in [0.05, 0.1) is 18.2 Å². The fraction of sp³-hybridized carbons (Fsp3) is 0.522. The van der Waals surface area contributed by atoms with Crippen LogP contribution in [0.15, 0.2) is 35.5 Å². The van der Waals surface area contributed by atoms with Crippen molar-refractivity contribution in [1.82, 2.24) is 10.2 Å². The number of urea groups is 1. The minimum absolute atomic E-state index is 0.0104. The Labute approximate surface area is 177 Å². The highest BCUT2D eigenvalue weighted by molar-refractivity contribution is 5.95. The predicted molar refractivity (Wildman–Crippen MR) is 115 cm³/mol. The standard InChI is InChI=1S/C23H31N3O4/c1-4-30-22(28)20-15(2)26(3)23(29)25-21(20)17-10-7-11-18(14-17)24-19(27)13-12-16-8-5-6-9-16/h7,10-11,14,16,21H,4-6,8-9,12-13H2,1-3H3,(H,24,27)(H,25,29). The summed E-state index contributed by atoms with van der Waals surface area (Å²) < 4.78 is 5.22. The van der Waals surface area contributed by atoms with E-state index in [1.54, 1.807) is 27.0 Å². The first-order valence-corrected chi connectivity index (χ1v) is 10.7. The molecule has 1 fully saturated rings. The van der Waals surface area contributed by atoms with E-state index < -0.39 is 12.0 Å². The summed E-state index contributed by atoms with van der Waals surface area (Å²) in [6.07, 6.45) is 6.42. The molecule has 0 spiro atoms. The van der Waals surface area contributed by atoms with Crippen molar-refractivity contribution in [3.05, 3.63) is 41.1 Å². The van der Waals surface area contributed by atoms with Crippen LogP contribution in [0.25, 0.3) is 0 Å². The van der Waals surface area contributed by atoms with Gasteiger partial charge >= 0.3 is 12.0 Å². The Morgan fingerprint density at radius 2 is 2.00 bits per heavy atom. The van der Waals surface area contributed by atoms with Gasteiger partial charge in [-0.05, 0) is 43.9 Å². The molecule has 30 heavy (non-hydrogen) atoms. The summed E-state index contributed by atoms with van der Waals surface area (Å²) in [4.78, 5) is 38.7. The molecule has 2 N–H and O–H groups in total. The van der Waals surface area contributed by atoms with Gasteiger partial charge in [0.25, 0.3) is 0 Å². The first-order valence-electron chi connectivity index (χ1n) is 10.7. The topological polar surface area (TPSA) is 87.7 Å². The maximum Gasteiger partial charge on any atom is 0.338 e. The Kier molecular flexibility index (Phi) is 7.13. The number of ether oxygens (including phenoxy) is 1. The zero-order valence-corrected chi connectivity index (χ0v) is 18.0. The molecule has 0 bridgehead atoms. The summed E-state index contributed by atoms with van der Waals surface area (Å²) in [6, 6.07) is 6.33. The smallest absolute Gasteiger partial charge is 0.338 e. The highest BCUT2D eigenvalue weighted by Crippen LogP contribution is 2.32. The van der Waals surface area contributed by atoms with Crippen LogP contribution in [0.1, 0.15) is 64.0 Å². The van der Waals surface area contributed by atoms with Gasteiger partial charge in [0, 0.05) is 24.9 Å². The molecule has 2 aliphatic rings. The van der Waals surface area contributed by atoms with Crippen LogP contribution >= 0.6 is 0 Å². The molecule has 162 valence electrons. The number of amides is 3. The molecule has 1 aromatic carbocycles. The number of benzene rings is 1. The molecule has 0 radical (unpaired) electrons. The second-order valence-electron chi connectivity index (χ2n) is 8.02. The van der Waals surface area contributed by atoms with E-state index in [4.69, 9.17) is 4.74 Å². The minimum atomic E-state index is -0.636. The molecule has 3 amide bonds. The highest BCUT2D eigenvalue weighted by atomic mass is 16.5. The average molecular weight is 414 g/mol. The predicted octanol–water partition coefficient (Wildman–Crippen LogP) is 4.13. The number of allylic oxidation sites excluding steroid dienone is 1. The Balaban J connectivity index is 1.76. The Bertz CT molecular complexity index is 843. The summed E-state index contributed by atoms with van der Waals surface area (Å²) >= 11 is 0. The monoisotopic (exact) mass is 413 g/mol. The number of anilines is 1. The van der Waals surface area contributed by atoms with E-state index in [-0.39, 0.29) is 18.5 Å². The lowest BCUT2D eigenvalue weighted by Crippen LogP contribution is -2.46. The zero-order valence-electron chi connectivity index (χ0n) is 18.0. The van der Waals surface area contributed by atoms with Gasteiger partial charge < -0.3 is 20.3 Å². The van der Waals surface area contributed by atoms with Crippen LogP contribution in [0.5, 0.6) is 0 Å². The van der Waals surface area contributed by atoms with E-state index in [2.05, 4.69) is 10.6 Å². The van der Waals surface area contributed by atoms with Crippen molar-refractivity contribution in [2.24, 2.45) is 5.92 Å². The minimum Gasteiger partial charge on any atom is -0.463 e. The molecule has 0 aromatic heterocycles. The molecule has 1 aromatic rings. The first kappa shape index (κ1) is 21.9.